The van der Waals surface area contributed by atoms with E-state index in [0.717, 1.165) is 49.7 Å². The van der Waals surface area contributed by atoms with Crippen LogP contribution in [0.1, 0.15) is 115 Å². The number of ether oxygens (including phenoxy) is 1. The van der Waals surface area contributed by atoms with Crippen LogP contribution in [0.5, 0.6) is 5.75 Å². The molecule has 1 aromatic carbocycles. The van der Waals surface area contributed by atoms with Crippen LogP contribution < -0.4 is 4.74 Å². The molecular formula is C27H39F5O. The number of hydrogen-bond acceptors (Lipinski definition) is 1. The molecule has 2 fully saturated rings. The molecule has 0 radical (unpaired) electrons. The quantitative estimate of drug-likeness (QED) is 0.242. The van der Waals surface area contributed by atoms with Gasteiger partial charge in [0.15, 0.2) is 11.6 Å². The van der Waals surface area contributed by atoms with Gasteiger partial charge in [-0.15, -0.1) is 13.2 Å². The van der Waals surface area contributed by atoms with Crippen LogP contribution >= 0.6 is 0 Å². The van der Waals surface area contributed by atoms with Crippen molar-refractivity contribution in [1.29, 1.82) is 0 Å². The van der Waals surface area contributed by atoms with Gasteiger partial charge in [-0.3, -0.25) is 0 Å². The Morgan fingerprint density at radius 3 is 1.64 bits per heavy atom. The Hall–Kier alpha value is -1.33. The van der Waals surface area contributed by atoms with Gasteiger partial charge in [-0.1, -0.05) is 77.6 Å². The van der Waals surface area contributed by atoms with Crippen molar-refractivity contribution in [3.8, 4) is 5.75 Å². The SMILES string of the molecule is CCCCCC1CCC(CCCC2CCC(c3cc(F)c(OC(F)(F)F)c(F)c3)CC2)CC1. The summed E-state index contributed by atoms with van der Waals surface area (Å²) in [7, 11) is 0. The Morgan fingerprint density at radius 1 is 0.727 bits per heavy atom. The molecule has 1 aromatic rings. The van der Waals surface area contributed by atoms with E-state index in [1.165, 1.54) is 70.6 Å². The van der Waals surface area contributed by atoms with Crippen LogP contribution in [0.4, 0.5) is 22.0 Å². The largest absolute Gasteiger partial charge is 0.573 e. The highest BCUT2D eigenvalue weighted by molar-refractivity contribution is 5.33. The Balaban J connectivity index is 1.36. The van der Waals surface area contributed by atoms with E-state index in [2.05, 4.69) is 11.7 Å². The van der Waals surface area contributed by atoms with E-state index in [1.54, 1.807) is 0 Å². The molecule has 1 nitrogen and oxygen atoms in total. The molecule has 0 bridgehead atoms. The lowest BCUT2D eigenvalue weighted by molar-refractivity contribution is -0.276. The van der Waals surface area contributed by atoms with Gasteiger partial charge < -0.3 is 4.74 Å². The molecule has 0 aliphatic heterocycles. The molecule has 2 saturated carbocycles. The fourth-order valence-corrected chi connectivity index (χ4v) is 6.00. The third kappa shape index (κ3) is 8.43. The number of unbranched alkanes of at least 4 members (excludes halogenated alkanes) is 2. The number of benzene rings is 1. The van der Waals surface area contributed by atoms with E-state index < -0.39 is 23.7 Å². The Labute approximate surface area is 195 Å². The minimum atomic E-state index is -5.12. The molecule has 0 aromatic heterocycles. The molecular weight excluding hydrogens is 435 g/mol. The predicted molar refractivity (Wildman–Crippen MR) is 121 cm³/mol. The molecule has 0 N–H and O–H groups in total. The molecule has 3 rings (SSSR count). The van der Waals surface area contributed by atoms with Crippen molar-refractivity contribution in [3.05, 3.63) is 29.3 Å². The molecule has 2 aliphatic rings. The predicted octanol–water partition coefficient (Wildman–Crippen LogP) is 9.69. The van der Waals surface area contributed by atoms with Gasteiger partial charge in [0.2, 0.25) is 5.75 Å². The highest BCUT2D eigenvalue weighted by Gasteiger charge is 2.34. The van der Waals surface area contributed by atoms with Crippen molar-refractivity contribution in [2.24, 2.45) is 17.8 Å². The minimum absolute atomic E-state index is 0.00632. The summed E-state index contributed by atoms with van der Waals surface area (Å²) in [6.07, 6.45) is 13.4. The third-order valence-corrected chi connectivity index (χ3v) is 7.96. The van der Waals surface area contributed by atoms with Crippen LogP contribution in [-0.4, -0.2) is 6.36 Å². The zero-order chi connectivity index (χ0) is 23.8. The minimum Gasteiger partial charge on any atom is -0.399 e. The summed E-state index contributed by atoms with van der Waals surface area (Å²) in [5.41, 5.74) is 0.439. The van der Waals surface area contributed by atoms with Crippen molar-refractivity contribution >= 4 is 0 Å². The first-order valence-electron chi connectivity index (χ1n) is 13.0. The summed E-state index contributed by atoms with van der Waals surface area (Å²) >= 11 is 0. The summed E-state index contributed by atoms with van der Waals surface area (Å²) in [4.78, 5) is 0. The average molecular weight is 475 g/mol. The number of halogens is 5. The van der Waals surface area contributed by atoms with Crippen LogP contribution in [0.3, 0.4) is 0 Å². The van der Waals surface area contributed by atoms with Crippen molar-refractivity contribution < 1.29 is 26.7 Å². The molecule has 0 saturated heterocycles. The fourth-order valence-electron chi connectivity index (χ4n) is 6.00. The highest BCUT2D eigenvalue weighted by Crippen LogP contribution is 2.41. The van der Waals surface area contributed by atoms with E-state index in [-0.39, 0.29) is 5.92 Å². The van der Waals surface area contributed by atoms with Gasteiger partial charge in [0, 0.05) is 0 Å². The molecule has 188 valence electrons. The zero-order valence-corrected chi connectivity index (χ0v) is 19.9. The fraction of sp³-hybridized carbons (Fsp3) is 0.778. The van der Waals surface area contributed by atoms with Gasteiger partial charge in [-0.05, 0) is 67.1 Å². The molecule has 6 heteroatoms. The lowest BCUT2D eigenvalue weighted by atomic mass is 9.75. The normalized spacial score (nSPS) is 26.4. The second-order valence-corrected chi connectivity index (χ2v) is 10.4. The molecule has 0 atom stereocenters. The lowest BCUT2D eigenvalue weighted by Crippen LogP contribution is -2.19. The molecule has 2 aliphatic carbocycles. The summed E-state index contributed by atoms with van der Waals surface area (Å²) in [6, 6.07) is 2.02. The maximum absolute atomic E-state index is 14.1. The second kappa shape index (κ2) is 12.4. The number of hydrogen-bond donors (Lipinski definition) is 0. The monoisotopic (exact) mass is 474 g/mol. The first-order valence-corrected chi connectivity index (χ1v) is 13.0. The molecule has 33 heavy (non-hydrogen) atoms. The first kappa shape index (κ1) is 26.3. The van der Waals surface area contributed by atoms with Crippen molar-refractivity contribution in [2.75, 3.05) is 0 Å². The van der Waals surface area contributed by atoms with E-state index in [0.29, 0.717) is 11.5 Å². The Bertz CT molecular complexity index is 693. The van der Waals surface area contributed by atoms with Gasteiger partial charge in [0.05, 0.1) is 0 Å². The zero-order valence-electron chi connectivity index (χ0n) is 19.9. The van der Waals surface area contributed by atoms with Crippen LogP contribution in [0.15, 0.2) is 12.1 Å². The van der Waals surface area contributed by atoms with Crippen LogP contribution in [0.2, 0.25) is 0 Å². The molecule has 0 amide bonds. The maximum atomic E-state index is 14.1. The van der Waals surface area contributed by atoms with E-state index >= 15 is 0 Å². The van der Waals surface area contributed by atoms with Gasteiger partial charge >= 0.3 is 6.36 Å². The number of alkyl halides is 3. The molecule has 0 spiro atoms. The van der Waals surface area contributed by atoms with Crippen LogP contribution in [0, 0.1) is 29.4 Å². The molecule has 0 heterocycles. The Kier molecular flexibility index (Phi) is 9.87. The van der Waals surface area contributed by atoms with Gasteiger partial charge in [-0.2, -0.15) is 0 Å². The van der Waals surface area contributed by atoms with E-state index in [4.69, 9.17) is 0 Å². The van der Waals surface area contributed by atoms with Crippen LogP contribution in [0.25, 0.3) is 0 Å². The standard InChI is InChI=1S/C27H39F5O/c1-2-3-4-6-19-9-11-20(12-10-19)7-5-8-21-13-15-22(16-14-21)23-17-24(28)26(25(29)18-23)33-27(30,31)32/h17-22H,2-16H2,1H3. The van der Waals surface area contributed by atoms with Crippen LogP contribution in [-0.2, 0) is 0 Å². The highest BCUT2D eigenvalue weighted by atomic mass is 19.4. The lowest BCUT2D eigenvalue weighted by Gasteiger charge is -2.31. The van der Waals surface area contributed by atoms with E-state index in [9.17, 15) is 22.0 Å². The topological polar surface area (TPSA) is 9.23 Å². The summed E-state index contributed by atoms with van der Waals surface area (Å²) in [5.74, 6) is -1.47. The molecule has 0 unspecified atom stereocenters. The van der Waals surface area contributed by atoms with Gasteiger partial charge in [0.1, 0.15) is 0 Å². The number of rotatable bonds is 10. The Morgan fingerprint density at radius 2 is 1.18 bits per heavy atom. The average Bonchev–Trinajstić information content (AvgIpc) is 2.77. The third-order valence-electron chi connectivity index (χ3n) is 7.96. The summed E-state index contributed by atoms with van der Waals surface area (Å²) in [5, 5.41) is 0. The summed E-state index contributed by atoms with van der Waals surface area (Å²) < 4.78 is 68.6. The maximum Gasteiger partial charge on any atom is 0.573 e. The van der Waals surface area contributed by atoms with Crippen molar-refractivity contribution in [2.45, 2.75) is 116 Å². The van der Waals surface area contributed by atoms with Crippen molar-refractivity contribution in [1.82, 2.24) is 0 Å². The smallest absolute Gasteiger partial charge is 0.399 e. The first-order chi connectivity index (χ1) is 15.7. The van der Waals surface area contributed by atoms with Crippen molar-refractivity contribution in [3.63, 3.8) is 0 Å². The van der Waals surface area contributed by atoms with E-state index in [1.807, 2.05) is 0 Å². The second-order valence-electron chi connectivity index (χ2n) is 10.4. The van der Waals surface area contributed by atoms with Gasteiger partial charge in [0.25, 0.3) is 0 Å². The summed E-state index contributed by atoms with van der Waals surface area (Å²) in [6.45, 7) is 2.26. The van der Waals surface area contributed by atoms with Gasteiger partial charge in [-0.25, -0.2) is 8.78 Å².